The summed E-state index contributed by atoms with van der Waals surface area (Å²) in [5.74, 6) is -1.12. The first-order valence-corrected chi connectivity index (χ1v) is 12.3. The SMILES string of the molecule is CC(C)c1cccc(N2CCC(Oc3ccc(N4N=C(C(F)(F)F)C(C)C4CC(=O)O)cc3)CC2)c1. The van der Waals surface area contributed by atoms with Crippen LogP contribution in [0.15, 0.2) is 53.6 Å². The summed E-state index contributed by atoms with van der Waals surface area (Å²) in [4.78, 5) is 13.7. The molecule has 0 aromatic heterocycles. The van der Waals surface area contributed by atoms with Gasteiger partial charge in [-0.25, -0.2) is 0 Å². The van der Waals surface area contributed by atoms with Gasteiger partial charge in [0.15, 0.2) is 0 Å². The van der Waals surface area contributed by atoms with Crippen molar-refractivity contribution < 1.29 is 27.8 Å². The van der Waals surface area contributed by atoms with Crippen molar-refractivity contribution in [2.75, 3.05) is 23.0 Å². The van der Waals surface area contributed by atoms with Crippen molar-refractivity contribution in [3.05, 3.63) is 54.1 Å². The van der Waals surface area contributed by atoms with Crippen LogP contribution in [0.2, 0.25) is 0 Å². The second-order valence-electron chi connectivity index (χ2n) is 9.83. The molecule has 194 valence electrons. The predicted octanol–water partition coefficient (Wildman–Crippen LogP) is 6.08. The highest BCUT2D eigenvalue weighted by Crippen LogP contribution is 2.37. The van der Waals surface area contributed by atoms with Crippen LogP contribution < -0.4 is 14.6 Å². The van der Waals surface area contributed by atoms with Crippen LogP contribution in [0.4, 0.5) is 24.5 Å². The third-order valence-electron chi connectivity index (χ3n) is 6.96. The predicted molar refractivity (Wildman–Crippen MR) is 134 cm³/mol. The van der Waals surface area contributed by atoms with Crippen molar-refractivity contribution in [3.63, 3.8) is 0 Å². The van der Waals surface area contributed by atoms with Crippen molar-refractivity contribution in [2.45, 2.75) is 64.3 Å². The largest absolute Gasteiger partial charge is 0.490 e. The summed E-state index contributed by atoms with van der Waals surface area (Å²) in [5.41, 5.74) is 1.98. The van der Waals surface area contributed by atoms with Crippen molar-refractivity contribution in [3.8, 4) is 5.75 Å². The highest BCUT2D eigenvalue weighted by atomic mass is 19.4. The van der Waals surface area contributed by atoms with E-state index in [2.05, 4.69) is 48.1 Å². The summed E-state index contributed by atoms with van der Waals surface area (Å²) in [7, 11) is 0. The Bertz CT molecular complexity index is 1090. The Balaban J connectivity index is 1.39. The van der Waals surface area contributed by atoms with E-state index in [1.807, 2.05) is 0 Å². The van der Waals surface area contributed by atoms with Crippen molar-refractivity contribution in [1.29, 1.82) is 0 Å². The second-order valence-corrected chi connectivity index (χ2v) is 9.83. The molecular weight excluding hydrogens is 471 g/mol. The molecule has 2 atom stereocenters. The van der Waals surface area contributed by atoms with E-state index < -0.39 is 36.2 Å². The topological polar surface area (TPSA) is 65.4 Å². The Morgan fingerprint density at radius 3 is 2.36 bits per heavy atom. The van der Waals surface area contributed by atoms with E-state index in [9.17, 15) is 23.1 Å². The lowest BCUT2D eigenvalue weighted by molar-refractivity contribution is -0.137. The Kier molecular flexibility index (Phi) is 7.47. The zero-order valence-corrected chi connectivity index (χ0v) is 20.7. The average molecular weight is 504 g/mol. The maximum atomic E-state index is 13.4. The van der Waals surface area contributed by atoms with Crippen molar-refractivity contribution >= 4 is 23.1 Å². The van der Waals surface area contributed by atoms with Crippen molar-refractivity contribution in [2.24, 2.45) is 11.0 Å². The molecule has 1 saturated heterocycles. The number of piperidine rings is 1. The Morgan fingerprint density at radius 2 is 1.78 bits per heavy atom. The second kappa shape index (κ2) is 10.4. The number of ether oxygens (including phenoxy) is 1. The highest BCUT2D eigenvalue weighted by molar-refractivity contribution is 5.95. The molecular formula is C27H32F3N3O3. The molecule has 2 aromatic rings. The first-order chi connectivity index (χ1) is 17.0. The van der Waals surface area contributed by atoms with Gasteiger partial charge >= 0.3 is 12.1 Å². The molecule has 36 heavy (non-hydrogen) atoms. The summed E-state index contributed by atoms with van der Waals surface area (Å²) in [6.45, 7) is 7.48. The maximum Gasteiger partial charge on any atom is 0.431 e. The van der Waals surface area contributed by atoms with E-state index in [1.54, 1.807) is 24.3 Å². The van der Waals surface area contributed by atoms with E-state index in [1.165, 1.54) is 23.2 Å². The number of carboxylic acid groups (broad SMARTS) is 1. The summed E-state index contributed by atoms with van der Waals surface area (Å²) >= 11 is 0. The number of alkyl halides is 3. The van der Waals surface area contributed by atoms with Crippen LogP contribution in [0.3, 0.4) is 0 Å². The molecule has 0 bridgehead atoms. The van der Waals surface area contributed by atoms with Gasteiger partial charge in [0.1, 0.15) is 17.6 Å². The van der Waals surface area contributed by atoms with Crippen molar-refractivity contribution in [1.82, 2.24) is 0 Å². The number of halogens is 3. The van der Waals surface area contributed by atoms with E-state index in [-0.39, 0.29) is 6.10 Å². The van der Waals surface area contributed by atoms with Gasteiger partial charge in [-0.2, -0.15) is 18.3 Å². The minimum absolute atomic E-state index is 0.0433. The van der Waals surface area contributed by atoms with Gasteiger partial charge in [-0.3, -0.25) is 9.80 Å². The van der Waals surface area contributed by atoms with Gasteiger partial charge in [0.25, 0.3) is 0 Å². The Labute approximate surface area is 209 Å². The molecule has 0 saturated carbocycles. The standard InChI is InChI=1S/C27H32F3N3O3/c1-17(2)19-5-4-6-21(15-19)32-13-11-23(12-14-32)36-22-9-7-20(8-10-22)33-24(16-25(34)35)18(3)26(31-33)27(28,29)30/h4-10,15,17-18,23-24H,11-14,16H2,1-3H3,(H,34,35). The first kappa shape index (κ1) is 25.9. The van der Waals surface area contributed by atoms with Gasteiger partial charge in [0.2, 0.25) is 0 Å². The smallest absolute Gasteiger partial charge is 0.431 e. The van der Waals surface area contributed by atoms with Crippen LogP contribution in [0, 0.1) is 5.92 Å². The quantitative estimate of drug-likeness (QED) is 0.497. The zero-order valence-electron chi connectivity index (χ0n) is 20.7. The fourth-order valence-electron chi connectivity index (χ4n) is 4.86. The minimum Gasteiger partial charge on any atom is -0.490 e. The molecule has 0 radical (unpaired) electrons. The molecule has 0 spiro atoms. The normalized spacial score (nSPS) is 21.1. The fourth-order valence-corrected chi connectivity index (χ4v) is 4.86. The maximum absolute atomic E-state index is 13.4. The van der Waals surface area contributed by atoms with Crippen LogP contribution in [-0.4, -0.2) is 48.2 Å². The van der Waals surface area contributed by atoms with Crippen LogP contribution >= 0.6 is 0 Å². The van der Waals surface area contributed by atoms with Gasteiger partial charge in [0, 0.05) is 37.5 Å². The number of hydrogen-bond donors (Lipinski definition) is 1. The lowest BCUT2D eigenvalue weighted by atomic mass is 9.94. The molecule has 2 aliphatic heterocycles. The van der Waals surface area contributed by atoms with Crippen LogP contribution in [-0.2, 0) is 4.79 Å². The number of hydrogen-bond acceptors (Lipinski definition) is 5. The monoisotopic (exact) mass is 503 g/mol. The van der Waals surface area contributed by atoms with Gasteiger partial charge < -0.3 is 14.7 Å². The number of hydrazone groups is 1. The van der Waals surface area contributed by atoms with E-state index >= 15 is 0 Å². The molecule has 0 aliphatic carbocycles. The lowest BCUT2D eigenvalue weighted by Crippen LogP contribution is -2.38. The van der Waals surface area contributed by atoms with Gasteiger partial charge in [-0.15, -0.1) is 0 Å². The van der Waals surface area contributed by atoms with E-state index in [0.29, 0.717) is 17.4 Å². The van der Waals surface area contributed by atoms with E-state index in [0.717, 1.165) is 25.9 Å². The molecule has 9 heteroatoms. The number of aliphatic carboxylic acids is 1. The number of benzene rings is 2. The van der Waals surface area contributed by atoms with E-state index in [4.69, 9.17) is 4.74 Å². The summed E-state index contributed by atoms with van der Waals surface area (Å²) in [6.07, 6.45) is -3.30. The molecule has 1 fully saturated rings. The minimum atomic E-state index is -4.61. The number of nitrogens with zero attached hydrogens (tertiary/aromatic N) is 3. The number of carbonyl (C=O) groups is 1. The van der Waals surface area contributed by atoms with Crippen LogP contribution in [0.5, 0.6) is 5.75 Å². The number of carboxylic acids is 1. The molecule has 2 unspecified atom stereocenters. The highest BCUT2D eigenvalue weighted by Gasteiger charge is 2.48. The molecule has 6 nitrogen and oxygen atoms in total. The third kappa shape index (κ3) is 5.77. The average Bonchev–Trinajstić information content (AvgIpc) is 3.16. The molecule has 2 aromatic carbocycles. The Hall–Kier alpha value is -3.23. The molecule has 2 heterocycles. The van der Waals surface area contributed by atoms with Gasteiger partial charge in [-0.1, -0.05) is 32.9 Å². The molecule has 4 rings (SSSR count). The van der Waals surface area contributed by atoms with Crippen LogP contribution in [0.25, 0.3) is 0 Å². The van der Waals surface area contributed by atoms with Gasteiger partial charge in [-0.05, 0) is 47.9 Å². The lowest BCUT2D eigenvalue weighted by Gasteiger charge is -2.34. The first-order valence-electron chi connectivity index (χ1n) is 12.3. The van der Waals surface area contributed by atoms with Crippen LogP contribution in [0.1, 0.15) is 51.5 Å². The summed E-state index contributed by atoms with van der Waals surface area (Å²) in [5, 5.41) is 14.2. The fraction of sp³-hybridized carbons (Fsp3) is 0.481. The number of rotatable bonds is 7. The Morgan fingerprint density at radius 1 is 1.11 bits per heavy atom. The van der Waals surface area contributed by atoms with Gasteiger partial charge in [0.05, 0.1) is 18.2 Å². The zero-order chi connectivity index (χ0) is 26.0. The third-order valence-corrected chi connectivity index (χ3v) is 6.96. The summed E-state index contributed by atoms with van der Waals surface area (Å²) < 4.78 is 46.3. The summed E-state index contributed by atoms with van der Waals surface area (Å²) in [6, 6.07) is 14.4. The molecule has 2 aliphatic rings. The molecule has 0 amide bonds. The number of anilines is 2. The molecule has 1 N–H and O–H groups in total.